The number of hydrogen-bond donors (Lipinski definition) is 0. The molecule has 0 saturated carbocycles. The van der Waals surface area contributed by atoms with Crippen molar-refractivity contribution < 1.29 is 23.0 Å². The van der Waals surface area contributed by atoms with Crippen molar-refractivity contribution in [3.05, 3.63) is 93.0 Å². The number of esters is 1. The lowest BCUT2D eigenvalue weighted by Gasteiger charge is -2.17. The van der Waals surface area contributed by atoms with E-state index in [1.165, 1.54) is 19.2 Å². The molecule has 0 fully saturated rings. The Hall–Kier alpha value is -2.76. The minimum absolute atomic E-state index is 0.135. The molecule has 2 aliphatic heterocycles. The highest BCUT2D eigenvalue weighted by atomic mass is 35.5. The van der Waals surface area contributed by atoms with Crippen molar-refractivity contribution in [3.63, 3.8) is 0 Å². The first-order chi connectivity index (χ1) is 13.5. The minimum atomic E-state index is -1.06. The maximum Gasteiger partial charge on any atom is 0.337 e. The molecular formula is C22H13ClF2O3. The average Bonchev–Trinajstić information content (AvgIpc) is 3.28. The zero-order chi connectivity index (χ0) is 19.6. The van der Waals surface area contributed by atoms with Crippen LogP contribution in [0.5, 0.6) is 0 Å². The van der Waals surface area contributed by atoms with Crippen LogP contribution >= 0.6 is 11.6 Å². The number of benzene rings is 3. The van der Waals surface area contributed by atoms with E-state index in [1.54, 1.807) is 24.3 Å². The van der Waals surface area contributed by atoms with Crippen LogP contribution in [0.2, 0.25) is 5.02 Å². The Morgan fingerprint density at radius 3 is 2.36 bits per heavy atom. The van der Waals surface area contributed by atoms with Gasteiger partial charge in [0.2, 0.25) is 0 Å². The maximum absolute atomic E-state index is 14.4. The van der Waals surface area contributed by atoms with Gasteiger partial charge in [-0.05, 0) is 58.1 Å². The fraction of sp³-hybridized carbons (Fsp3) is 0.136. The van der Waals surface area contributed by atoms with Crippen molar-refractivity contribution in [2.75, 3.05) is 7.11 Å². The highest BCUT2D eigenvalue weighted by Crippen LogP contribution is 2.55. The number of halogens is 3. The fourth-order valence-corrected chi connectivity index (χ4v) is 4.15. The Kier molecular flexibility index (Phi) is 3.79. The Morgan fingerprint density at radius 2 is 1.61 bits per heavy atom. The van der Waals surface area contributed by atoms with E-state index >= 15 is 0 Å². The summed E-state index contributed by atoms with van der Waals surface area (Å²) in [5.41, 5.74) is 4.88. The number of hydrogen-bond acceptors (Lipinski definition) is 3. The molecule has 3 aromatic carbocycles. The van der Waals surface area contributed by atoms with Gasteiger partial charge in [0, 0.05) is 5.56 Å². The zero-order valence-corrected chi connectivity index (χ0v) is 15.4. The number of methoxy groups -OCH3 is 1. The van der Waals surface area contributed by atoms with Gasteiger partial charge in [-0.15, -0.1) is 0 Å². The molecule has 2 aliphatic rings. The monoisotopic (exact) mass is 398 g/mol. The molecule has 0 radical (unpaired) electrons. The smallest absolute Gasteiger partial charge is 0.337 e. The molecule has 3 nitrogen and oxygen atoms in total. The fourth-order valence-electron chi connectivity index (χ4n) is 4.01. The third kappa shape index (κ3) is 2.33. The highest BCUT2D eigenvalue weighted by Gasteiger charge is 2.43. The second-order valence-corrected chi connectivity index (χ2v) is 7.21. The summed E-state index contributed by atoms with van der Waals surface area (Å²) in [6, 6.07) is 13.6. The van der Waals surface area contributed by atoms with Crippen LogP contribution in [-0.2, 0) is 9.47 Å². The van der Waals surface area contributed by atoms with E-state index in [0.717, 1.165) is 22.3 Å². The first-order valence-corrected chi connectivity index (χ1v) is 9.02. The molecular weight excluding hydrogens is 386 g/mol. The van der Waals surface area contributed by atoms with Crippen LogP contribution in [0.3, 0.4) is 0 Å². The van der Waals surface area contributed by atoms with E-state index in [-0.39, 0.29) is 22.8 Å². The minimum Gasteiger partial charge on any atom is -0.465 e. The van der Waals surface area contributed by atoms with E-state index in [2.05, 4.69) is 0 Å². The highest BCUT2D eigenvalue weighted by molar-refractivity contribution is 6.30. The Bertz CT molecular complexity index is 1160. The van der Waals surface area contributed by atoms with Gasteiger partial charge in [-0.2, -0.15) is 0 Å². The lowest BCUT2D eigenvalue weighted by Crippen LogP contribution is -2.07. The van der Waals surface area contributed by atoms with Crippen molar-refractivity contribution in [2.45, 2.75) is 12.2 Å². The molecule has 0 saturated heterocycles. The van der Waals surface area contributed by atoms with Crippen molar-refractivity contribution >= 4 is 17.6 Å². The SMILES string of the molecule is COC(=O)c1ccc2c(c1)[C@@H]1O[C@H]2c2ccc(-c3ccc(Cl)c(F)c3F)cc21. The molecule has 0 aromatic heterocycles. The normalized spacial score (nSPS) is 18.7. The quantitative estimate of drug-likeness (QED) is 0.416. The first kappa shape index (κ1) is 17.3. The summed E-state index contributed by atoms with van der Waals surface area (Å²) in [6.45, 7) is 0. The summed E-state index contributed by atoms with van der Waals surface area (Å²) < 4.78 is 39.1. The van der Waals surface area contributed by atoms with Gasteiger partial charge < -0.3 is 9.47 Å². The van der Waals surface area contributed by atoms with Gasteiger partial charge in [0.15, 0.2) is 11.6 Å². The lowest BCUT2D eigenvalue weighted by molar-refractivity contribution is 0.0600. The molecule has 2 heterocycles. The van der Waals surface area contributed by atoms with E-state index < -0.39 is 17.6 Å². The van der Waals surface area contributed by atoms with E-state index in [9.17, 15) is 13.6 Å². The zero-order valence-electron chi connectivity index (χ0n) is 14.6. The standard InChI is InChI=1S/C22H13ClF2O3/c1-27-22(26)11-3-5-14-16(9-11)21-15-8-10(2-4-13(15)20(14)28-21)12-6-7-17(23)19(25)18(12)24/h2-9,20-21H,1H3/t20-,21+/m0/s1. The largest absolute Gasteiger partial charge is 0.465 e. The summed E-state index contributed by atoms with van der Waals surface area (Å²) in [4.78, 5) is 11.9. The summed E-state index contributed by atoms with van der Waals surface area (Å²) in [5, 5.41) is -0.255. The average molecular weight is 399 g/mol. The Morgan fingerprint density at radius 1 is 0.929 bits per heavy atom. The molecule has 0 amide bonds. The Balaban J connectivity index is 1.60. The number of carbonyl (C=O) groups excluding carboxylic acids is 1. The van der Waals surface area contributed by atoms with E-state index in [4.69, 9.17) is 21.1 Å². The van der Waals surface area contributed by atoms with Gasteiger partial charge in [-0.1, -0.05) is 29.8 Å². The van der Waals surface area contributed by atoms with Crippen molar-refractivity contribution in [3.8, 4) is 11.1 Å². The summed E-state index contributed by atoms with van der Waals surface area (Å²) in [7, 11) is 1.33. The third-order valence-corrected chi connectivity index (χ3v) is 5.63. The third-order valence-electron chi connectivity index (χ3n) is 5.34. The first-order valence-electron chi connectivity index (χ1n) is 8.65. The Labute approximate surface area is 164 Å². The van der Waals surface area contributed by atoms with Crippen LogP contribution in [0.15, 0.2) is 48.5 Å². The molecule has 0 spiro atoms. The molecule has 5 rings (SSSR count). The summed E-state index contributed by atoms with van der Waals surface area (Å²) in [6.07, 6.45) is -0.595. The molecule has 0 unspecified atom stereocenters. The molecule has 2 atom stereocenters. The van der Waals surface area contributed by atoms with Gasteiger partial charge in [0.1, 0.15) is 12.2 Å². The van der Waals surface area contributed by atoms with Gasteiger partial charge >= 0.3 is 5.97 Å². The predicted octanol–water partition coefficient (Wildman–Crippen LogP) is 5.59. The topological polar surface area (TPSA) is 35.5 Å². The van der Waals surface area contributed by atoms with Crippen molar-refractivity contribution in [2.24, 2.45) is 0 Å². The van der Waals surface area contributed by atoms with Gasteiger partial charge in [-0.3, -0.25) is 0 Å². The van der Waals surface area contributed by atoms with Crippen molar-refractivity contribution in [1.29, 1.82) is 0 Å². The molecule has 140 valence electrons. The van der Waals surface area contributed by atoms with Crippen LogP contribution in [0, 0.1) is 11.6 Å². The number of ether oxygens (including phenoxy) is 2. The lowest BCUT2D eigenvalue weighted by atomic mass is 9.84. The maximum atomic E-state index is 14.4. The van der Waals surface area contributed by atoms with Crippen molar-refractivity contribution in [1.82, 2.24) is 0 Å². The van der Waals surface area contributed by atoms with E-state index in [0.29, 0.717) is 11.1 Å². The second kappa shape index (κ2) is 6.12. The summed E-state index contributed by atoms with van der Waals surface area (Å²) in [5.74, 6) is -2.46. The molecule has 0 aliphatic carbocycles. The van der Waals surface area contributed by atoms with Crippen LogP contribution in [-0.4, -0.2) is 13.1 Å². The second-order valence-electron chi connectivity index (χ2n) is 6.80. The van der Waals surface area contributed by atoms with Crippen LogP contribution in [0.1, 0.15) is 44.8 Å². The van der Waals surface area contributed by atoms with Gasteiger partial charge in [0.05, 0.1) is 17.7 Å². The molecule has 3 aromatic rings. The number of fused-ring (bicyclic) bond motifs is 8. The molecule has 28 heavy (non-hydrogen) atoms. The molecule has 6 heteroatoms. The van der Waals surface area contributed by atoms with Gasteiger partial charge in [0.25, 0.3) is 0 Å². The molecule has 0 N–H and O–H groups in total. The van der Waals surface area contributed by atoms with Crippen LogP contribution in [0.4, 0.5) is 8.78 Å². The molecule has 2 bridgehead atoms. The van der Waals surface area contributed by atoms with Crippen LogP contribution in [0.25, 0.3) is 11.1 Å². The summed E-state index contributed by atoms with van der Waals surface area (Å²) >= 11 is 5.65. The predicted molar refractivity (Wildman–Crippen MR) is 99.4 cm³/mol. The van der Waals surface area contributed by atoms with Gasteiger partial charge in [-0.25, -0.2) is 13.6 Å². The number of rotatable bonds is 2. The van der Waals surface area contributed by atoms with E-state index in [1.807, 2.05) is 12.1 Å². The van der Waals surface area contributed by atoms with Crippen LogP contribution < -0.4 is 0 Å². The number of carbonyl (C=O) groups is 1.